The first-order valence-corrected chi connectivity index (χ1v) is 7.72. The van der Waals surface area contributed by atoms with E-state index in [0.29, 0.717) is 11.6 Å². The van der Waals surface area contributed by atoms with Gasteiger partial charge in [0.05, 0.1) is 13.2 Å². The smallest absolute Gasteiger partial charge is 0.237 e. The molecule has 106 valence electrons. The minimum Gasteiger partial charge on any atom is -0.480 e. The molecule has 0 amide bonds. The number of rotatable bonds is 6. The van der Waals surface area contributed by atoms with E-state index in [-0.39, 0.29) is 6.04 Å². The lowest BCUT2D eigenvalue weighted by molar-refractivity contribution is 0.381. The van der Waals surface area contributed by atoms with Crippen LogP contribution in [0.2, 0.25) is 0 Å². The SMILES string of the molecule is COc1nccnc1C(CSc1ccc(Br)cc1)NN. The summed E-state index contributed by atoms with van der Waals surface area (Å²) < 4.78 is 6.27. The number of nitrogens with one attached hydrogen (secondary N) is 1. The highest BCUT2D eigenvalue weighted by molar-refractivity contribution is 9.10. The highest BCUT2D eigenvalue weighted by Gasteiger charge is 2.17. The average molecular weight is 355 g/mol. The largest absolute Gasteiger partial charge is 0.480 e. The molecule has 0 radical (unpaired) electrons. The van der Waals surface area contributed by atoms with Gasteiger partial charge in [0.25, 0.3) is 0 Å². The first kappa shape index (κ1) is 15.2. The van der Waals surface area contributed by atoms with Crippen LogP contribution in [-0.2, 0) is 0 Å². The van der Waals surface area contributed by atoms with Gasteiger partial charge in [-0.05, 0) is 24.3 Å². The van der Waals surface area contributed by atoms with Crippen molar-refractivity contribution >= 4 is 27.7 Å². The van der Waals surface area contributed by atoms with Crippen molar-refractivity contribution in [3.05, 3.63) is 46.8 Å². The summed E-state index contributed by atoms with van der Waals surface area (Å²) in [7, 11) is 1.57. The highest BCUT2D eigenvalue weighted by Crippen LogP contribution is 2.27. The molecule has 0 saturated carbocycles. The van der Waals surface area contributed by atoms with E-state index in [4.69, 9.17) is 10.6 Å². The summed E-state index contributed by atoms with van der Waals surface area (Å²) in [5.74, 6) is 6.84. The summed E-state index contributed by atoms with van der Waals surface area (Å²) in [6.07, 6.45) is 3.23. The molecular formula is C13H15BrN4OS. The summed E-state index contributed by atoms with van der Waals surface area (Å²) >= 11 is 5.11. The van der Waals surface area contributed by atoms with Crippen molar-refractivity contribution in [1.82, 2.24) is 15.4 Å². The molecule has 0 aliphatic rings. The quantitative estimate of drug-likeness (QED) is 0.471. The van der Waals surface area contributed by atoms with E-state index in [0.717, 1.165) is 15.1 Å². The standard InChI is InChI=1S/C13H15BrN4OS/c1-19-13-12(16-6-7-17-13)11(18-15)8-20-10-4-2-9(14)3-5-10/h2-7,11,18H,8,15H2,1H3. The second-order valence-electron chi connectivity index (χ2n) is 3.94. The topological polar surface area (TPSA) is 73.1 Å². The highest BCUT2D eigenvalue weighted by atomic mass is 79.9. The first-order chi connectivity index (χ1) is 9.74. The number of ether oxygens (including phenoxy) is 1. The predicted octanol–water partition coefficient (Wildman–Crippen LogP) is 2.54. The summed E-state index contributed by atoms with van der Waals surface area (Å²) in [6.45, 7) is 0. The number of halogens is 1. The van der Waals surface area contributed by atoms with Crippen LogP contribution in [0.4, 0.5) is 0 Å². The summed E-state index contributed by atoms with van der Waals surface area (Å²) in [5.41, 5.74) is 3.47. The van der Waals surface area contributed by atoms with Crippen molar-refractivity contribution in [2.45, 2.75) is 10.9 Å². The first-order valence-electron chi connectivity index (χ1n) is 5.94. The van der Waals surface area contributed by atoms with Crippen molar-refractivity contribution in [2.75, 3.05) is 12.9 Å². The molecule has 0 saturated heterocycles. The molecule has 1 aromatic heterocycles. The Bertz CT molecular complexity index is 552. The minimum atomic E-state index is -0.132. The minimum absolute atomic E-state index is 0.132. The molecule has 1 atom stereocenters. The van der Waals surface area contributed by atoms with Crippen LogP contribution in [-0.4, -0.2) is 22.8 Å². The van der Waals surface area contributed by atoms with Gasteiger partial charge in [0.1, 0.15) is 5.69 Å². The third-order valence-corrected chi connectivity index (χ3v) is 4.28. The number of hydrogen-bond acceptors (Lipinski definition) is 6. The van der Waals surface area contributed by atoms with Gasteiger partial charge >= 0.3 is 0 Å². The Balaban J connectivity index is 2.07. The second kappa shape index (κ2) is 7.58. The number of nitrogens with two attached hydrogens (primary N) is 1. The van der Waals surface area contributed by atoms with E-state index >= 15 is 0 Å². The maximum Gasteiger partial charge on any atom is 0.237 e. The predicted molar refractivity (Wildman–Crippen MR) is 83.5 cm³/mol. The van der Waals surface area contributed by atoms with E-state index in [1.54, 1.807) is 31.3 Å². The third-order valence-electron chi connectivity index (χ3n) is 2.65. The number of thioether (sulfide) groups is 1. The van der Waals surface area contributed by atoms with Crippen LogP contribution in [0.1, 0.15) is 11.7 Å². The fourth-order valence-electron chi connectivity index (χ4n) is 1.65. The lowest BCUT2D eigenvalue weighted by Gasteiger charge is -2.16. The molecule has 1 heterocycles. The van der Waals surface area contributed by atoms with E-state index in [9.17, 15) is 0 Å². The molecule has 2 aromatic rings. The Morgan fingerprint density at radius 3 is 2.65 bits per heavy atom. The van der Waals surface area contributed by atoms with Gasteiger partial charge in [-0.3, -0.25) is 16.3 Å². The lowest BCUT2D eigenvalue weighted by Crippen LogP contribution is -2.30. The monoisotopic (exact) mass is 354 g/mol. The van der Waals surface area contributed by atoms with E-state index in [1.165, 1.54) is 0 Å². The maximum atomic E-state index is 5.62. The Morgan fingerprint density at radius 2 is 2.00 bits per heavy atom. The molecular weight excluding hydrogens is 340 g/mol. The second-order valence-corrected chi connectivity index (χ2v) is 5.94. The van der Waals surface area contributed by atoms with Crippen LogP contribution in [0.25, 0.3) is 0 Å². The maximum absolute atomic E-state index is 5.62. The van der Waals surface area contributed by atoms with E-state index < -0.39 is 0 Å². The van der Waals surface area contributed by atoms with Gasteiger partial charge in [0.15, 0.2) is 0 Å². The summed E-state index contributed by atoms with van der Waals surface area (Å²) in [6, 6.07) is 7.99. The molecule has 0 fully saturated rings. The van der Waals surface area contributed by atoms with Crippen molar-refractivity contribution in [1.29, 1.82) is 0 Å². The Labute approximate surface area is 130 Å². The number of aromatic nitrogens is 2. The molecule has 20 heavy (non-hydrogen) atoms. The number of nitrogens with zero attached hydrogens (tertiary/aromatic N) is 2. The van der Waals surface area contributed by atoms with Crippen molar-refractivity contribution in [3.8, 4) is 5.88 Å². The third kappa shape index (κ3) is 3.92. The molecule has 0 aliphatic carbocycles. The summed E-state index contributed by atoms with van der Waals surface area (Å²) in [5, 5.41) is 0. The van der Waals surface area contributed by atoms with Crippen molar-refractivity contribution in [2.24, 2.45) is 5.84 Å². The molecule has 0 bridgehead atoms. The zero-order valence-corrected chi connectivity index (χ0v) is 13.3. The van der Waals surface area contributed by atoms with Crippen LogP contribution < -0.4 is 16.0 Å². The molecule has 1 aromatic carbocycles. The number of hydrogen-bond donors (Lipinski definition) is 2. The van der Waals surface area contributed by atoms with Crippen LogP contribution in [0.15, 0.2) is 46.0 Å². The zero-order valence-electron chi connectivity index (χ0n) is 10.9. The molecule has 5 nitrogen and oxygen atoms in total. The fraction of sp³-hybridized carbons (Fsp3) is 0.231. The van der Waals surface area contributed by atoms with Crippen molar-refractivity contribution in [3.63, 3.8) is 0 Å². The van der Waals surface area contributed by atoms with Crippen LogP contribution in [0.3, 0.4) is 0 Å². The Hall–Kier alpha value is -1.15. The van der Waals surface area contributed by atoms with E-state index in [2.05, 4.69) is 43.5 Å². The Morgan fingerprint density at radius 1 is 1.30 bits per heavy atom. The zero-order chi connectivity index (χ0) is 14.4. The lowest BCUT2D eigenvalue weighted by atomic mass is 10.2. The van der Waals surface area contributed by atoms with E-state index in [1.807, 2.05) is 12.1 Å². The molecule has 7 heteroatoms. The molecule has 0 aliphatic heterocycles. The number of hydrazine groups is 1. The summed E-state index contributed by atoms with van der Waals surface area (Å²) in [4.78, 5) is 9.60. The Kier molecular flexibility index (Phi) is 5.78. The molecule has 2 rings (SSSR count). The number of benzene rings is 1. The fourth-order valence-corrected chi connectivity index (χ4v) is 2.85. The van der Waals surface area contributed by atoms with Gasteiger partial charge < -0.3 is 4.74 Å². The normalized spacial score (nSPS) is 12.2. The van der Waals surface area contributed by atoms with Gasteiger partial charge in [-0.1, -0.05) is 15.9 Å². The van der Waals surface area contributed by atoms with Crippen LogP contribution in [0.5, 0.6) is 5.88 Å². The number of methoxy groups -OCH3 is 1. The molecule has 0 spiro atoms. The molecule has 3 N–H and O–H groups in total. The van der Waals surface area contributed by atoms with Gasteiger partial charge in [-0.2, -0.15) is 0 Å². The van der Waals surface area contributed by atoms with Crippen LogP contribution >= 0.6 is 27.7 Å². The van der Waals surface area contributed by atoms with Crippen molar-refractivity contribution < 1.29 is 4.74 Å². The van der Waals surface area contributed by atoms with Crippen LogP contribution in [0, 0.1) is 0 Å². The van der Waals surface area contributed by atoms with Gasteiger partial charge in [-0.25, -0.2) is 4.98 Å². The van der Waals surface area contributed by atoms with Gasteiger partial charge in [0, 0.05) is 27.5 Å². The van der Waals surface area contributed by atoms with Gasteiger partial charge in [0.2, 0.25) is 5.88 Å². The average Bonchev–Trinajstić information content (AvgIpc) is 2.50. The van der Waals surface area contributed by atoms with Gasteiger partial charge in [-0.15, -0.1) is 11.8 Å². The molecule has 1 unspecified atom stereocenters.